The maximum Gasteiger partial charge on any atom is -0.0236 e. The fourth-order valence-electron chi connectivity index (χ4n) is 0.978. The van der Waals surface area contributed by atoms with Crippen LogP contribution in [0.3, 0.4) is 0 Å². The zero-order chi connectivity index (χ0) is 7.56. The highest BCUT2D eigenvalue weighted by Crippen LogP contribution is 2.09. The maximum atomic E-state index is 3.90. The minimum atomic E-state index is 1.11. The summed E-state index contributed by atoms with van der Waals surface area (Å²) in [6.07, 6.45) is 1.11. The van der Waals surface area contributed by atoms with Crippen LogP contribution in [0.5, 0.6) is 0 Å². The highest BCUT2D eigenvalue weighted by atomic mass is 14.0. The van der Waals surface area contributed by atoms with Crippen LogP contribution in [0.1, 0.15) is 23.6 Å². The molecule has 0 heterocycles. The van der Waals surface area contributed by atoms with Gasteiger partial charge in [-0.3, -0.25) is 0 Å². The summed E-state index contributed by atoms with van der Waals surface area (Å²) < 4.78 is 0. The lowest BCUT2D eigenvalue weighted by Gasteiger charge is -2.01. The average Bonchev–Trinajstić information content (AvgIpc) is 1.95. The largest absolute Gasteiger partial charge is 0.0613 e. The van der Waals surface area contributed by atoms with Crippen LogP contribution in [0.2, 0.25) is 0 Å². The van der Waals surface area contributed by atoms with E-state index in [9.17, 15) is 0 Å². The summed E-state index contributed by atoms with van der Waals surface area (Å²) in [7, 11) is 0. The zero-order valence-corrected chi connectivity index (χ0v) is 6.65. The first kappa shape index (κ1) is 7.33. The summed E-state index contributed by atoms with van der Waals surface area (Å²) in [5.74, 6) is 0. The molecule has 0 saturated heterocycles. The second-order valence-electron chi connectivity index (χ2n) is 2.61. The Morgan fingerprint density at radius 1 is 1.40 bits per heavy atom. The van der Waals surface area contributed by atoms with Crippen LogP contribution in [0.4, 0.5) is 0 Å². The van der Waals surface area contributed by atoms with Gasteiger partial charge in [0.2, 0.25) is 0 Å². The van der Waals surface area contributed by atoms with E-state index in [4.69, 9.17) is 0 Å². The molecule has 10 heavy (non-hydrogen) atoms. The SMILES string of the molecule is [CH2]c1ccc(CC)cc1C. The van der Waals surface area contributed by atoms with Crippen molar-refractivity contribution in [2.24, 2.45) is 0 Å². The van der Waals surface area contributed by atoms with Crippen molar-refractivity contribution in [3.63, 3.8) is 0 Å². The lowest BCUT2D eigenvalue weighted by molar-refractivity contribution is 1.13. The topological polar surface area (TPSA) is 0 Å². The first-order valence-electron chi connectivity index (χ1n) is 3.65. The van der Waals surface area contributed by atoms with Crippen molar-refractivity contribution in [3.05, 3.63) is 41.8 Å². The summed E-state index contributed by atoms with van der Waals surface area (Å²) in [5, 5.41) is 0. The molecular weight excluding hydrogens is 120 g/mol. The van der Waals surface area contributed by atoms with Crippen LogP contribution in [0, 0.1) is 13.8 Å². The Kier molecular flexibility index (Phi) is 2.10. The van der Waals surface area contributed by atoms with Gasteiger partial charge in [0, 0.05) is 0 Å². The van der Waals surface area contributed by atoms with Gasteiger partial charge < -0.3 is 0 Å². The highest BCUT2D eigenvalue weighted by molar-refractivity contribution is 5.32. The normalized spacial score (nSPS) is 9.90. The molecule has 1 aromatic carbocycles. The molecule has 0 atom stereocenters. The molecule has 0 aromatic heterocycles. The van der Waals surface area contributed by atoms with Crippen molar-refractivity contribution in [1.82, 2.24) is 0 Å². The lowest BCUT2D eigenvalue weighted by Crippen LogP contribution is -1.84. The predicted octanol–water partition coefficient (Wildman–Crippen LogP) is 2.74. The van der Waals surface area contributed by atoms with Crippen molar-refractivity contribution in [2.75, 3.05) is 0 Å². The number of benzene rings is 1. The van der Waals surface area contributed by atoms with Gasteiger partial charge in [0.1, 0.15) is 0 Å². The van der Waals surface area contributed by atoms with Crippen molar-refractivity contribution < 1.29 is 0 Å². The summed E-state index contributed by atoms with van der Waals surface area (Å²) >= 11 is 0. The fourth-order valence-corrected chi connectivity index (χ4v) is 0.978. The molecule has 0 bridgehead atoms. The van der Waals surface area contributed by atoms with Crippen LogP contribution < -0.4 is 0 Å². The van der Waals surface area contributed by atoms with E-state index in [1.165, 1.54) is 11.1 Å². The Labute approximate surface area is 62.9 Å². The van der Waals surface area contributed by atoms with Gasteiger partial charge >= 0.3 is 0 Å². The van der Waals surface area contributed by atoms with Crippen molar-refractivity contribution >= 4 is 0 Å². The number of hydrogen-bond acceptors (Lipinski definition) is 0. The van der Waals surface area contributed by atoms with E-state index in [1.54, 1.807) is 0 Å². The lowest BCUT2D eigenvalue weighted by atomic mass is 10.1. The van der Waals surface area contributed by atoms with E-state index in [1.807, 2.05) is 0 Å². The Hall–Kier alpha value is -0.780. The molecule has 0 nitrogen and oxygen atoms in total. The second-order valence-corrected chi connectivity index (χ2v) is 2.61. The van der Waals surface area contributed by atoms with Gasteiger partial charge in [0.15, 0.2) is 0 Å². The summed E-state index contributed by atoms with van der Waals surface area (Å²) in [4.78, 5) is 0. The third kappa shape index (κ3) is 1.38. The third-order valence-corrected chi connectivity index (χ3v) is 1.82. The van der Waals surface area contributed by atoms with Crippen LogP contribution in [0.25, 0.3) is 0 Å². The summed E-state index contributed by atoms with van der Waals surface area (Å²) in [5.41, 5.74) is 3.82. The molecule has 0 fully saturated rings. The van der Waals surface area contributed by atoms with E-state index in [0.29, 0.717) is 0 Å². The third-order valence-electron chi connectivity index (χ3n) is 1.82. The molecule has 53 valence electrons. The number of aryl methyl sites for hydroxylation is 2. The molecule has 1 rings (SSSR count). The minimum Gasteiger partial charge on any atom is -0.0613 e. The van der Waals surface area contributed by atoms with Gasteiger partial charge in [0.05, 0.1) is 0 Å². The molecule has 0 aliphatic rings. The Bertz CT molecular complexity index is 223. The zero-order valence-electron chi connectivity index (χ0n) is 6.65. The van der Waals surface area contributed by atoms with Crippen LogP contribution in [-0.4, -0.2) is 0 Å². The van der Waals surface area contributed by atoms with Crippen LogP contribution in [-0.2, 0) is 6.42 Å². The fraction of sp³-hybridized carbons (Fsp3) is 0.300. The van der Waals surface area contributed by atoms with E-state index in [-0.39, 0.29) is 0 Å². The highest BCUT2D eigenvalue weighted by Gasteiger charge is 1.92. The van der Waals surface area contributed by atoms with Crippen LogP contribution in [0.15, 0.2) is 18.2 Å². The molecular formula is C10H13. The monoisotopic (exact) mass is 133 g/mol. The van der Waals surface area contributed by atoms with Crippen LogP contribution >= 0.6 is 0 Å². The number of rotatable bonds is 1. The molecule has 1 aromatic rings. The van der Waals surface area contributed by atoms with Gasteiger partial charge in [-0.15, -0.1) is 0 Å². The standard InChI is InChI=1S/C10H13/c1-4-10-6-5-8(2)9(3)7-10/h5-7H,2,4H2,1,3H3. The van der Waals surface area contributed by atoms with E-state index >= 15 is 0 Å². The molecule has 1 radical (unpaired) electrons. The smallest absolute Gasteiger partial charge is 0.0236 e. The van der Waals surface area contributed by atoms with Gasteiger partial charge in [-0.1, -0.05) is 25.1 Å². The quantitative estimate of drug-likeness (QED) is 0.552. The maximum absolute atomic E-state index is 3.90. The molecule has 0 amide bonds. The van der Waals surface area contributed by atoms with Gasteiger partial charge in [-0.25, -0.2) is 0 Å². The van der Waals surface area contributed by atoms with E-state index in [0.717, 1.165) is 12.0 Å². The van der Waals surface area contributed by atoms with Gasteiger partial charge in [0.25, 0.3) is 0 Å². The van der Waals surface area contributed by atoms with E-state index < -0.39 is 0 Å². The molecule has 0 spiro atoms. The summed E-state index contributed by atoms with van der Waals surface area (Å²) in [6, 6.07) is 6.41. The Balaban J connectivity index is 3.04. The first-order valence-corrected chi connectivity index (χ1v) is 3.65. The van der Waals surface area contributed by atoms with Crippen molar-refractivity contribution in [3.8, 4) is 0 Å². The van der Waals surface area contributed by atoms with Crippen molar-refractivity contribution in [1.29, 1.82) is 0 Å². The molecule has 0 aliphatic carbocycles. The Morgan fingerprint density at radius 3 is 2.60 bits per heavy atom. The van der Waals surface area contributed by atoms with Gasteiger partial charge in [-0.05, 0) is 37.0 Å². The van der Waals surface area contributed by atoms with Crippen molar-refractivity contribution in [2.45, 2.75) is 20.3 Å². The summed E-state index contributed by atoms with van der Waals surface area (Å²) in [6.45, 7) is 8.16. The molecule has 0 unspecified atom stereocenters. The molecule has 0 saturated carbocycles. The molecule has 0 N–H and O–H groups in total. The Morgan fingerprint density at radius 2 is 2.10 bits per heavy atom. The molecule has 0 heteroatoms. The predicted molar refractivity (Wildman–Crippen MR) is 45.0 cm³/mol. The number of hydrogen-bond donors (Lipinski definition) is 0. The van der Waals surface area contributed by atoms with E-state index in [2.05, 4.69) is 39.0 Å². The molecule has 0 aliphatic heterocycles. The van der Waals surface area contributed by atoms with Gasteiger partial charge in [-0.2, -0.15) is 0 Å². The first-order chi connectivity index (χ1) is 4.74. The minimum absolute atomic E-state index is 1.11. The average molecular weight is 133 g/mol. The second kappa shape index (κ2) is 2.87.